The third kappa shape index (κ3) is 2.53. The molecule has 0 atom stereocenters. The Morgan fingerprint density at radius 3 is 2.83 bits per heavy atom. The van der Waals surface area contributed by atoms with Gasteiger partial charge in [0.1, 0.15) is 5.82 Å². The quantitative estimate of drug-likeness (QED) is 0.579. The third-order valence-electron chi connectivity index (χ3n) is 3.94. The van der Waals surface area contributed by atoms with Gasteiger partial charge in [0.15, 0.2) is 5.13 Å². The van der Waals surface area contributed by atoms with Crippen LogP contribution in [0.15, 0.2) is 36.4 Å². The Bertz CT molecular complexity index is 1100. The zero-order valence-corrected chi connectivity index (χ0v) is 14.6. The molecule has 0 aliphatic carbocycles. The van der Waals surface area contributed by atoms with Crippen LogP contribution >= 0.6 is 22.9 Å². The predicted molar refractivity (Wildman–Crippen MR) is 98.0 cm³/mol. The van der Waals surface area contributed by atoms with E-state index in [-0.39, 0.29) is 5.91 Å². The summed E-state index contributed by atoms with van der Waals surface area (Å²) in [4.78, 5) is 21.4. The topological polar surface area (TPSA) is 59.8 Å². The van der Waals surface area contributed by atoms with Crippen LogP contribution in [0.3, 0.4) is 0 Å². The minimum absolute atomic E-state index is 0.203. The summed E-state index contributed by atoms with van der Waals surface area (Å²) in [5, 5.41) is 4.02. The molecular weight excluding hydrogens is 344 g/mol. The molecule has 4 rings (SSSR count). The summed E-state index contributed by atoms with van der Waals surface area (Å²) < 4.78 is 2.97. The number of aryl methyl sites for hydroxylation is 2. The molecule has 2 aromatic carbocycles. The first-order valence-corrected chi connectivity index (χ1v) is 8.51. The fourth-order valence-corrected chi connectivity index (χ4v) is 3.59. The average molecular weight is 357 g/mol. The Kier molecular flexibility index (Phi) is 3.51. The van der Waals surface area contributed by atoms with E-state index in [1.165, 1.54) is 11.3 Å². The van der Waals surface area contributed by atoms with Crippen LogP contribution in [0.1, 0.15) is 16.2 Å². The van der Waals surface area contributed by atoms with Crippen LogP contribution in [0.2, 0.25) is 5.02 Å². The molecule has 0 fully saturated rings. The van der Waals surface area contributed by atoms with Crippen LogP contribution in [0.5, 0.6) is 0 Å². The zero-order chi connectivity index (χ0) is 16.8. The van der Waals surface area contributed by atoms with E-state index >= 15 is 0 Å². The molecule has 0 radical (unpaired) electrons. The van der Waals surface area contributed by atoms with Gasteiger partial charge in [-0.15, -0.1) is 0 Å². The Balaban J connectivity index is 1.65. The van der Waals surface area contributed by atoms with Gasteiger partial charge in [0.05, 0.1) is 21.3 Å². The molecule has 0 bridgehead atoms. The number of anilines is 1. The fraction of sp³-hybridized carbons (Fsp3) is 0.118. The minimum Gasteiger partial charge on any atom is -0.331 e. The second kappa shape index (κ2) is 5.58. The van der Waals surface area contributed by atoms with Crippen LogP contribution in [-0.2, 0) is 7.05 Å². The number of carbonyl (C=O) groups is 1. The number of rotatable bonds is 2. The van der Waals surface area contributed by atoms with Crippen molar-refractivity contribution < 1.29 is 4.79 Å². The highest BCUT2D eigenvalue weighted by Gasteiger charge is 2.12. The number of halogens is 1. The molecule has 120 valence electrons. The third-order valence-corrected chi connectivity index (χ3v) is 5.12. The van der Waals surface area contributed by atoms with E-state index < -0.39 is 0 Å². The number of carbonyl (C=O) groups excluding carboxylic acids is 1. The van der Waals surface area contributed by atoms with Crippen molar-refractivity contribution in [3.63, 3.8) is 0 Å². The van der Waals surface area contributed by atoms with E-state index in [1.54, 1.807) is 18.2 Å². The first kappa shape index (κ1) is 15.1. The van der Waals surface area contributed by atoms with Crippen LogP contribution < -0.4 is 5.32 Å². The van der Waals surface area contributed by atoms with Crippen molar-refractivity contribution in [3.05, 3.63) is 52.8 Å². The van der Waals surface area contributed by atoms with Gasteiger partial charge in [0.2, 0.25) is 0 Å². The highest BCUT2D eigenvalue weighted by Crippen LogP contribution is 2.28. The standard InChI is InChI=1S/C17H13ClN4OS/c1-9-19-12-7-10(3-5-14(12)22(9)2)16(23)21-17-20-13-8-11(18)4-6-15(13)24-17/h3-8H,1-2H3,(H,20,21,23). The van der Waals surface area contributed by atoms with Gasteiger partial charge >= 0.3 is 0 Å². The first-order valence-electron chi connectivity index (χ1n) is 7.32. The minimum atomic E-state index is -0.203. The first-order chi connectivity index (χ1) is 11.5. The van der Waals surface area contributed by atoms with Gasteiger partial charge in [-0.2, -0.15) is 0 Å². The van der Waals surface area contributed by atoms with E-state index in [9.17, 15) is 4.79 Å². The summed E-state index contributed by atoms with van der Waals surface area (Å²) in [5.41, 5.74) is 3.13. The molecule has 0 unspecified atom stereocenters. The van der Waals surface area contributed by atoms with E-state index in [2.05, 4.69) is 15.3 Å². The van der Waals surface area contributed by atoms with Gasteiger partial charge in [-0.3, -0.25) is 10.1 Å². The Morgan fingerprint density at radius 1 is 1.17 bits per heavy atom. The lowest BCUT2D eigenvalue weighted by molar-refractivity contribution is 0.102. The Hall–Kier alpha value is -2.44. The summed E-state index contributed by atoms with van der Waals surface area (Å²) >= 11 is 7.39. The summed E-state index contributed by atoms with van der Waals surface area (Å²) in [6.07, 6.45) is 0. The molecule has 0 aliphatic heterocycles. The van der Waals surface area contributed by atoms with E-state index in [0.717, 1.165) is 27.1 Å². The van der Waals surface area contributed by atoms with Crippen molar-refractivity contribution in [2.24, 2.45) is 7.05 Å². The lowest BCUT2D eigenvalue weighted by Crippen LogP contribution is -2.11. The molecule has 7 heteroatoms. The number of nitrogens with zero attached hydrogens (tertiary/aromatic N) is 3. The molecule has 1 N–H and O–H groups in total. The lowest BCUT2D eigenvalue weighted by Gasteiger charge is -2.02. The van der Waals surface area contributed by atoms with Crippen molar-refractivity contribution in [1.82, 2.24) is 14.5 Å². The number of aromatic nitrogens is 3. The number of hydrogen-bond acceptors (Lipinski definition) is 4. The number of hydrogen-bond donors (Lipinski definition) is 1. The van der Waals surface area contributed by atoms with E-state index in [1.807, 2.05) is 36.7 Å². The van der Waals surface area contributed by atoms with Crippen molar-refractivity contribution in [1.29, 1.82) is 0 Å². The molecule has 0 saturated carbocycles. The second-order valence-corrected chi connectivity index (χ2v) is 6.97. The van der Waals surface area contributed by atoms with Crippen LogP contribution in [0.4, 0.5) is 5.13 Å². The number of nitrogens with one attached hydrogen (secondary N) is 1. The molecule has 0 spiro atoms. The van der Waals surface area contributed by atoms with Gasteiger partial charge < -0.3 is 4.57 Å². The SMILES string of the molecule is Cc1nc2cc(C(=O)Nc3nc4cc(Cl)ccc4s3)ccc2n1C. The summed E-state index contributed by atoms with van der Waals surface area (Å²) in [5.74, 6) is 0.705. The van der Waals surface area contributed by atoms with Crippen molar-refractivity contribution in [2.75, 3.05) is 5.32 Å². The average Bonchev–Trinajstić information content (AvgIpc) is 3.07. The highest BCUT2D eigenvalue weighted by molar-refractivity contribution is 7.22. The number of imidazole rings is 1. The Morgan fingerprint density at radius 2 is 2.00 bits per heavy atom. The van der Waals surface area contributed by atoms with Gasteiger partial charge in [0.25, 0.3) is 5.91 Å². The molecule has 4 aromatic rings. The smallest absolute Gasteiger partial charge is 0.257 e. The van der Waals surface area contributed by atoms with Crippen LogP contribution in [-0.4, -0.2) is 20.4 Å². The number of benzene rings is 2. The molecule has 2 aromatic heterocycles. The molecular formula is C17H13ClN4OS. The summed E-state index contributed by atoms with van der Waals surface area (Å²) in [7, 11) is 1.96. The maximum atomic E-state index is 12.5. The second-order valence-electron chi connectivity index (χ2n) is 5.51. The maximum absolute atomic E-state index is 12.5. The monoisotopic (exact) mass is 356 g/mol. The summed E-state index contributed by atoms with van der Waals surface area (Å²) in [6.45, 7) is 1.94. The van der Waals surface area contributed by atoms with Crippen molar-refractivity contribution in [2.45, 2.75) is 6.92 Å². The Labute approximate surface area is 146 Å². The van der Waals surface area contributed by atoms with Gasteiger partial charge in [-0.1, -0.05) is 22.9 Å². The molecule has 2 heterocycles. The highest BCUT2D eigenvalue weighted by atomic mass is 35.5. The number of thiazole rings is 1. The van der Waals surface area contributed by atoms with E-state index in [0.29, 0.717) is 15.7 Å². The van der Waals surface area contributed by atoms with Gasteiger partial charge in [0, 0.05) is 17.6 Å². The molecule has 5 nitrogen and oxygen atoms in total. The normalized spacial score (nSPS) is 11.3. The summed E-state index contributed by atoms with van der Waals surface area (Å²) in [6, 6.07) is 11.0. The van der Waals surface area contributed by atoms with Crippen molar-refractivity contribution in [3.8, 4) is 0 Å². The molecule has 0 aliphatic rings. The van der Waals surface area contributed by atoms with Crippen LogP contribution in [0, 0.1) is 6.92 Å². The number of amides is 1. The predicted octanol–water partition coefficient (Wildman–Crippen LogP) is 4.40. The van der Waals surface area contributed by atoms with E-state index in [4.69, 9.17) is 11.6 Å². The van der Waals surface area contributed by atoms with Gasteiger partial charge in [-0.25, -0.2) is 9.97 Å². The van der Waals surface area contributed by atoms with Crippen LogP contribution in [0.25, 0.3) is 21.3 Å². The van der Waals surface area contributed by atoms with Gasteiger partial charge in [-0.05, 0) is 43.3 Å². The largest absolute Gasteiger partial charge is 0.331 e. The number of fused-ring (bicyclic) bond motifs is 2. The maximum Gasteiger partial charge on any atom is 0.257 e. The molecule has 1 amide bonds. The lowest BCUT2D eigenvalue weighted by atomic mass is 10.2. The molecule has 0 saturated heterocycles. The van der Waals surface area contributed by atoms with Crippen molar-refractivity contribution >= 4 is 55.2 Å². The fourth-order valence-electron chi connectivity index (χ4n) is 2.58. The zero-order valence-electron chi connectivity index (χ0n) is 13.0. The molecule has 24 heavy (non-hydrogen) atoms.